The molecule has 0 bridgehead atoms. The first-order valence-corrected chi connectivity index (χ1v) is 5.25. The number of pyridine rings is 1. The lowest BCUT2D eigenvalue weighted by Crippen LogP contribution is -2.07. The zero-order valence-corrected chi connectivity index (χ0v) is 9.51. The number of hydrogen-bond acceptors (Lipinski definition) is 4. The van der Waals surface area contributed by atoms with Crippen molar-refractivity contribution in [2.45, 2.75) is 13.3 Å². The fourth-order valence-electron chi connectivity index (χ4n) is 1.48. The minimum Gasteiger partial charge on any atom is -0.384 e. The summed E-state index contributed by atoms with van der Waals surface area (Å²) in [5, 5.41) is 7.56. The number of aryl methyl sites for hydroxylation is 2. The summed E-state index contributed by atoms with van der Waals surface area (Å²) in [6.45, 7) is 2.86. The van der Waals surface area contributed by atoms with E-state index in [1.165, 1.54) is 0 Å². The maximum Gasteiger partial charge on any atom is 0.152 e. The molecule has 5 nitrogen and oxygen atoms in total. The van der Waals surface area contributed by atoms with Gasteiger partial charge in [-0.1, -0.05) is 0 Å². The molecule has 0 saturated heterocycles. The van der Waals surface area contributed by atoms with E-state index in [1.54, 1.807) is 17.2 Å². The van der Waals surface area contributed by atoms with E-state index in [1.807, 2.05) is 26.2 Å². The highest BCUT2D eigenvalue weighted by molar-refractivity contribution is 5.48. The van der Waals surface area contributed by atoms with Crippen LogP contribution in [-0.2, 0) is 13.5 Å². The van der Waals surface area contributed by atoms with Crippen LogP contribution in [0.5, 0.6) is 0 Å². The highest BCUT2D eigenvalue weighted by atomic mass is 15.3. The molecule has 16 heavy (non-hydrogen) atoms. The van der Waals surface area contributed by atoms with E-state index in [9.17, 15) is 0 Å². The Hall–Kier alpha value is -1.91. The molecule has 0 spiro atoms. The summed E-state index contributed by atoms with van der Waals surface area (Å²) in [6.07, 6.45) is 6.17. The van der Waals surface area contributed by atoms with E-state index in [0.29, 0.717) is 0 Å². The van der Waals surface area contributed by atoms with Crippen molar-refractivity contribution in [3.63, 3.8) is 0 Å². The van der Waals surface area contributed by atoms with Crippen LogP contribution in [-0.4, -0.2) is 26.3 Å². The van der Waals surface area contributed by atoms with Crippen LogP contribution in [0.15, 0.2) is 24.8 Å². The average molecular weight is 217 g/mol. The van der Waals surface area contributed by atoms with Gasteiger partial charge in [-0.05, 0) is 18.6 Å². The summed E-state index contributed by atoms with van der Waals surface area (Å²) in [5.41, 5.74) is 2.27. The van der Waals surface area contributed by atoms with Crippen LogP contribution in [0, 0.1) is 6.92 Å². The van der Waals surface area contributed by atoms with Crippen molar-refractivity contribution < 1.29 is 0 Å². The Kier molecular flexibility index (Phi) is 3.14. The molecule has 0 saturated carbocycles. The summed E-state index contributed by atoms with van der Waals surface area (Å²) in [7, 11) is 1.87. The first-order valence-electron chi connectivity index (χ1n) is 5.25. The van der Waals surface area contributed by atoms with Gasteiger partial charge in [0.2, 0.25) is 0 Å². The van der Waals surface area contributed by atoms with Gasteiger partial charge in [-0.2, -0.15) is 5.10 Å². The van der Waals surface area contributed by atoms with Crippen molar-refractivity contribution in [1.29, 1.82) is 0 Å². The zero-order valence-electron chi connectivity index (χ0n) is 9.51. The molecular weight excluding hydrogens is 202 g/mol. The highest BCUT2D eigenvalue weighted by Gasteiger charge is 1.99. The minimum absolute atomic E-state index is 0.822. The number of rotatable bonds is 4. The number of nitrogens with one attached hydrogen (secondary N) is 1. The van der Waals surface area contributed by atoms with Gasteiger partial charge in [0.15, 0.2) is 5.82 Å². The van der Waals surface area contributed by atoms with Gasteiger partial charge in [0.05, 0.1) is 0 Å². The largest absolute Gasteiger partial charge is 0.384 e. The molecule has 2 heterocycles. The second-order valence-corrected chi connectivity index (χ2v) is 3.70. The lowest BCUT2D eigenvalue weighted by Gasteiger charge is -2.06. The van der Waals surface area contributed by atoms with E-state index < -0.39 is 0 Å². The lowest BCUT2D eigenvalue weighted by atomic mass is 10.2. The van der Waals surface area contributed by atoms with Crippen LogP contribution in [0.25, 0.3) is 0 Å². The van der Waals surface area contributed by atoms with Gasteiger partial charge in [0, 0.05) is 38.1 Å². The summed E-state index contributed by atoms with van der Waals surface area (Å²) < 4.78 is 1.72. The molecule has 0 unspecified atom stereocenters. The fraction of sp³-hybridized carbons (Fsp3) is 0.364. The maximum atomic E-state index is 4.22. The molecule has 0 atom stereocenters. The molecule has 0 aromatic carbocycles. The SMILES string of the molecule is Cc1cnccc1NCCc1ncn(C)n1. The van der Waals surface area contributed by atoms with E-state index in [4.69, 9.17) is 0 Å². The van der Waals surface area contributed by atoms with Crippen molar-refractivity contribution in [3.8, 4) is 0 Å². The molecule has 0 aliphatic rings. The van der Waals surface area contributed by atoms with Gasteiger partial charge in [-0.25, -0.2) is 4.98 Å². The highest BCUT2D eigenvalue weighted by Crippen LogP contribution is 2.10. The van der Waals surface area contributed by atoms with Crippen molar-refractivity contribution in [1.82, 2.24) is 19.7 Å². The van der Waals surface area contributed by atoms with Crippen LogP contribution in [0.3, 0.4) is 0 Å². The first-order chi connectivity index (χ1) is 7.75. The summed E-state index contributed by atoms with van der Waals surface area (Å²) in [4.78, 5) is 8.22. The Bertz CT molecular complexity index is 463. The normalized spacial score (nSPS) is 10.4. The molecule has 2 rings (SSSR count). The van der Waals surface area contributed by atoms with Gasteiger partial charge in [-0.3, -0.25) is 9.67 Å². The first kappa shape index (κ1) is 10.6. The molecule has 84 valence electrons. The van der Waals surface area contributed by atoms with E-state index in [2.05, 4.69) is 20.4 Å². The van der Waals surface area contributed by atoms with E-state index in [-0.39, 0.29) is 0 Å². The van der Waals surface area contributed by atoms with Crippen LogP contribution >= 0.6 is 0 Å². The van der Waals surface area contributed by atoms with E-state index in [0.717, 1.165) is 30.0 Å². The second-order valence-electron chi connectivity index (χ2n) is 3.70. The maximum absolute atomic E-state index is 4.22. The molecule has 1 N–H and O–H groups in total. The zero-order chi connectivity index (χ0) is 11.4. The summed E-state index contributed by atoms with van der Waals surface area (Å²) >= 11 is 0. The summed E-state index contributed by atoms with van der Waals surface area (Å²) in [6, 6.07) is 1.97. The van der Waals surface area contributed by atoms with Crippen molar-refractivity contribution in [2.24, 2.45) is 7.05 Å². The molecule has 0 radical (unpaired) electrons. The number of aromatic nitrogens is 4. The van der Waals surface area contributed by atoms with Gasteiger partial charge < -0.3 is 5.32 Å². The third kappa shape index (κ3) is 2.56. The minimum atomic E-state index is 0.822. The molecule has 0 amide bonds. The third-order valence-electron chi connectivity index (χ3n) is 2.33. The molecule has 0 fully saturated rings. The number of hydrogen-bond donors (Lipinski definition) is 1. The molecule has 0 aliphatic heterocycles. The average Bonchev–Trinajstić information content (AvgIpc) is 2.67. The Morgan fingerprint density at radius 2 is 2.31 bits per heavy atom. The Balaban J connectivity index is 1.87. The standard InChI is InChI=1S/C11H15N5/c1-9-7-12-5-3-10(9)13-6-4-11-14-8-16(2)15-11/h3,5,7-8H,4,6H2,1-2H3,(H,12,13). The van der Waals surface area contributed by atoms with Gasteiger partial charge in [-0.15, -0.1) is 0 Å². The topological polar surface area (TPSA) is 55.6 Å². The summed E-state index contributed by atoms with van der Waals surface area (Å²) in [5.74, 6) is 0.863. The van der Waals surface area contributed by atoms with Crippen molar-refractivity contribution in [3.05, 3.63) is 36.2 Å². The quantitative estimate of drug-likeness (QED) is 0.835. The Labute approximate surface area is 94.5 Å². The molecule has 0 aliphatic carbocycles. The van der Waals surface area contributed by atoms with Crippen LogP contribution in [0.4, 0.5) is 5.69 Å². The molecule has 5 heteroatoms. The number of nitrogens with zero attached hydrogens (tertiary/aromatic N) is 4. The van der Waals surface area contributed by atoms with Crippen LogP contribution < -0.4 is 5.32 Å². The Morgan fingerprint density at radius 3 is 3.00 bits per heavy atom. The van der Waals surface area contributed by atoms with Crippen LogP contribution in [0.2, 0.25) is 0 Å². The number of anilines is 1. The Morgan fingerprint density at radius 1 is 1.44 bits per heavy atom. The van der Waals surface area contributed by atoms with Gasteiger partial charge in [0.1, 0.15) is 6.33 Å². The van der Waals surface area contributed by atoms with Crippen molar-refractivity contribution in [2.75, 3.05) is 11.9 Å². The second kappa shape index (κ2) is 4.74. The molecule has 2 aromatic rings. The molecule has 2 aromatic heterocycles. The van der Waals surface area contributed by atoms with Crippen LogP contribution in [0.1, 0.15) is 11.4 Å². The smallest absolute Gasteiger partial charge is 0.152 e. The predicted octanol–water partition coefficient (Wildman–Crippen LogP) is 1.17. The van der Waals surface area contributed by atoms with E-state index >= 15 is 0 Å². The van der Waals surface area contributed by atoms with Gasteiger partial charge >= 0.3 is 0 Å². The lowest BCUT2D eigenvalue weighted by molar-refractivity contribution is 0.742. The van der Waals surface area contributed by atoms with Crippen molar-refractivity contribution >= 4 is 5.69 Å². The monoisotopic (exact) mass is 217 g/mol. The fourth-order valence-corrected chi connectivity index (χ4v) is 1.48. The molecular formula is C11H15N5. The predicted molar refractivity (Wildman–Crippen MR) is 62.2 cm³/mol. The van der Waals surface area contributed by atoms with Gasteiger partial charge in [0.25, 0.3) is 0 Å². The third-order valence-corrected chi connectivity index (χ3v) is 2.33.